The van der Waals surface area contributed by atoms with E-state index in [1.165, 1.54) is 0 Å². The molecule has 0 unspecified atom stereocenters. The molecule has 4 N–H and O–H groups in total. The lowest BCUT2D eigenvalue weighted by Crippen LogP contribution is -1.82. The van der Waals surface area contributed by atoms with Gasteiger partial charge in [0.25, 0.3) is 0 Å². The number of methoxy groups -OCH3 is 1. The Kier molecular flexibility index (Phi) is 2.26. The molecule has 0 atom stereocenters. The maximum atomic E-state index is 5.65. The zero-order valence-electron chi connectivity index (χ0n) is 10.2. The molecule has 2 aromatic heterocycles. The standard InChI is InChI=1S/C13H14N4O/c1-7-13(11-6-12(14)17-16-11)9-4-3-8(18-2)5-10(9)15-7/h3-6,15H,1-2H3,(H3,14,16,17). The van der Waals surface area contributed by atoms with E-state index in [0.717, 1.165) is 33.6 Å². The third kappa shape index (κ3) is 1.52. The van der Waals surface area contributed by atoms with Crippen LogP contribution in [-0.4, -0.2) is 22.3 Å². The first kappa shape index (κ1) is 10.7. The van der Waals surface area contributed by atoms with Crippen LogP contribution in [0, 0.1) is 6.92 Å². The lowest BCUT2D eigenvalue weighted by atomic mass is 10.1. The molecule has 0 fully saturated rings. The fraction of sp³-hybridized carbons (Fsp3) is 0.154. The summed E-state index contributed by atoms with van der Waals surface area (Å²) in [5.74, 6) is 1.33. The monoisotopic (exact) mass is 242 g/mol. The number of nitrogens with two attached hydrogens (primary N) is 1. The molecule has 0 bridgehead atoms. The summed E-state index contributed by atoms with van der Waals surface area (Å²) in [5.41, 5.74) is 9.77. The van der Waals surface area contributed by atoms with Crippen LogP contribution in [-0.2, 0) is 0 Å². The molecule has 92 valence electrons. The number of hydrogen-bond acceptors (Lipinski definition) is 3. The molecular weight excluding hydrogens is 228 g/mol. The zero-order chi connectivity index (χ0) is 12.7. The van der Waals surface area contributed by atoms with Gasteiger partial charge in [0.05, 0.1) is 12.8 Å². The van der Waals surface area contributed by atoms with Gasteiger partial charge in [-0.2, -0.15) is 5.10 Å². The van der Waals surface area contributed by atoms with Gasteiger partial charge in [-0.3, -0.25) is 5.10 Å². The fourth-order valence-corrected chi connectivity index (χ4v) is 2.25. The molecule has 3 aromatic rings. The number of ether oxygens (including phenoxy) is 1. The molecule has 18 heavy (non-hydrogen) atoms. The van der Waals surface area contributed by atoms with E-state index < -0.39 is 0 Å². The van der Waals surface area contributed by atoms with E-state index >= 15 is 0 Å². The van der Waals surface area contributed by atoms with Crippen molar-refractivity contribution in [2.45, 2.75) is 6.92 Å². The number of nitrogens with zero attached hydrogens (tertiary/aromatic N) is 1. The van der Waals surface area contributed by atoms with Crippen LogP contribution in [0.1, 0.15) is 5.69 Å². The van der Waals surface area contributed by atoms with Crippen molar-refractivity contribution >= 4 is 16.7 Å². The second-order valence-electron chi connectivity index (χ2n) is 4.24. The maximum Gasteiger partial charge on any atom is 0.145 e. The normalized spacial score (nSPS) is 11.0. The highest BCUT2D eigenvalue weighted by molar-refractivity contribution is 5.97. The summed E-state index contributed by atoms with van der Waals surface area (Å²) in [6.45, 7) is 2.03. The van der Waals surface area contributed by atoms with E-state index in [1.807, 2.05) is 31.2 Å². The Morgan fingerprint density at radius 3 is 2.78 bits per heavy atom. The second-order valence-corrected chi connectivity index (χ2v) is 4.24. The summed E-state index contributed by atoms with van der Waals surface area (Å²) in [4.78, 5) is 3.34. The van der Waals surface area contributed by atoms with Crippen molar-refractivity contribution in [3.05, 3.63) is 30.0 Å². The van der Waals surface area contributed by atoms with Crippen molar-refractivity contribution in [2.24, 2.45) is 0 Å². The van der Waals surface area contributed by atoms with Crippen LogP contribution in [0.2, 0.25) is 0 Å². The SMILES string of the molecule is COc1ccc2c(-c3cc(N)n[nH]3)c(C)[nH]c2c1. The van der Waals surface area contributed by atoms with Crippen LogP contribution >= 0.6 is 0 Å². The molecule has 5 heteroatoms. The summed E-state index contributed by atoms with van der Waals surface area (Å²) in [5, 5.41) is 8.03. The number of fused-ring (bicyclic) bond motifs is 1. The first-order chi connectivity index (χ1) is 8.69. The smallest absolute Gasteiger partial charge is 0.145 e. The predicted molar refractivity (Wildman–Crippen MR) is 71.6 cm³/mol. The number of nitrogen functional groups attached to an aromatic ring is 1. The molecule has 0 aliphatic carbocycles. The summed E-state index contributed by atoms with van der Waals surface area (Å²) in [6.07, 6.45) is 0. The maximum absolute atomic E-state index is 5.65. The Balaban J connectivity index is 2.26. The van der Waals surface area contributed by atoms with Gasteiger partial charge < -0.3 is 15.5 Å². The molecular formula is C13H14N4O. The van der Waals surface area contributed by atoms with Crippen molar-refractivity contribution in [2.75, 3.05) is 12.8 Å². The van der Waals surface area contributed by atoms with Gasteiger partial charge in [0, 0.05) is 34.3 Å². The molecule has 0 spiro atoms. The average molecular weight is 242 g/mol. The van der Waals surface area contributed by atoms with Crippen LogP contribution in [0.15, 0.2) is 24.3 Å². The molecule has 2 heterocycles. The number of rotatable bonds is 2. The number of anilines is 1. The summed E-state index contributed by atoms with van der Waals surface area (Å²) in [7, 11) is 1.66. The number of aryl methyl sites for hydroxylation is 1. The highest BCUT2D eigenvalue weighted by Gasteiger charge is 2.13. The van der Waals surface area contributed by atoms with Gasteiger partial charge in [0.15, 0.2) is 0 Å². The van der Waals surface area contributed by atoms with Crippen LogP contribution < -0.4 is 10.5 Å². The molecule has 1 aromatic carbocycles. The topological polar surface area (TPSA) is 79.7 Å². The van der Waals surface area contributed by atoms with Crippen molar-refractivity contribution in [1.82, 2.24) is 15.2 Å². The van der Waals surface area contributed by atoms with Crippen LogP contribution in [0.25, 0.3) is 22.2 Å². The van der Waals surface area contributed by atoms with Gasteiger partial charge in [-0.25, -0.2) is 0 Å². The third-order valence-corrected chi connectivity index (χ3v) is 3.06. The molecule has 0 radical (unpaired) electrons. The van der Waals surface area contributed by atoms with E-state index in [1.54, 1.807) is 7.11 Å². The largest absolute Gasteiger partial charge is 0.497 e. The van der Waals surface area contributed by atoms with E-state index in [-0.39, 0.29) is 0 Å². The van der Waals surface area contributed by atoms with Crippen molar-refractivity contribution in [1.29, 1.82) is 0 Å². The summed E-state index contributed by atoms with van der Waals surface area (Å²) < 4.78 is 5.22. The molecule has 0 aliphatic heterocycles. The Morgan fingerprint density at radius 1 is 1.28 bits per heavy atom. The Hall–Kier alpha value is -2.43. The average Bonchev–Trinajstić information content (AvgIpc) is 2.90. The first-order valence-electron chi connectivity index (χ1n) is 5.66. The van der Waals surface area contributed by atoms with E-state index in [0.29, 0.717) is 5.82 Å². The first-order valence-corrected chi connectivity index (χ1v) is 5.66. The van der Waals surface area contributed by atoms with Crippen LogP contribution in [0.4, 0.5) is 5.82 Å². The van der Waals surface area contributed by atoms with Gasteiger partial charge >= 0.3 is 0 Å². The number of benzene rings is 1. The fourth-order valence-electron chi connectivity index (χ4n) is 2.25. The molecule has 0 aliphatic rings. The lowest BCUT2D eigenvalue weighted by Gasteiger charge is -2.00. The van der Waals surface area contributed by atoms with Gasteiger partial charge in [-0.15, -0.1) is 0 Å². The molecule has 0 saturated carbocycles. The molecule has 5 nitrogen and oxygen atoms in total. The number of H-pyrrole nitrogens is 2. The van der Waals surface area contributed by atoms with Crippen LogP contribution in [0.3, 0.4) is 0 Å². The summed E-state index contributed by atoms with van der Waals surface area (Å²) in [6, 6.07) is 7.79. The Labute approximate surface area is 104 Å². The molecule has 0 saturated heterocycles. The van der Waals surface area contributed by atoms with Crippen molar-refractivity contribution in [3.63, 3.8) is 0 Å². The van der Waals surface area contributed by atoms with Crippen molar-refractivity contribution in [3.8, 4) is 17.0 Å². The predicted octanol–water partition coefficient (Wildman–Crippen LogP) is 2.46. The Morgan fingerprint density at radius 2 is 2.11 bits per heavy atom. The highest BCUT2D eigenvalue weighted by atomic mass is 16.5. The third-order valence-electron chi connectivity index (χ3n) is 3.06. The van der Waals surface area contributed by atoms with Gasteiger partial charge in [-0.1, -0.05) is 0 Å². The Bertz CT molecular complexity index is 711. The number of aromatic amines is 2. The second kappa shape index (κ2) is 3.80. The quantitative estimate of drug-likeness (QED) is 0.645. The number of nitrogens with one attached hydrogen (secondary N) is 2. The zero-order valence-corrected chi connectivity index (χ0v) is 10.2. The molecule has 0 amide bonds. The minimum atomic E-state index is 0.493. The lowest BCUT2D eigenvalue weighted by molar-refractivity contribution is 0.415. The molecule has 3 rings (SSSR count). The number of hydrogen-bond donors (Lipinski definition) is 3. The minimum Gasteiger partial charge on any atom is -0.497 e. The van der Waals surface area contributed by atoms with E-state index in [9.17, 15) is 0 Å². The van der Waals surface area contributed by atoms with Crippen molar-refractivity contribution < 1.29 is 4.74 Å². The van der Waals surface area contributed by atoms with Gasteiger partial charge in [0.2, 0.25) is 0 Å². The summed E-state index contributed by atoms with van der Waals surface area (Å²) >= 11 is 0. The number of aromatic nitrogens is 3. The van der Waals surface area contributed by atoms with Gasteiger partial charge in [0.1, 0.15) is 11.6 Å². The van der Waals surface area contributed by atoms with Crippen LogP contribution in [0.5, 0.6) is 5.75 Å². The highest BCUT2D eigenvalue weighted by Crippen LogP contribution is 2.33. The van der Waals surface area contributed by atoms with E-state index in [4.69, 9.17) is 10.5 Å². The van der Waals surface area contributed by atoms with E-state index in [2.05, 4.69) is 15.2 Å². The minimum absolute atomic E-state index is 0.493. The van der Waals surface area contributed by atoms with Gasteiger partial charge in [-0.05, 0) is 19.1 Å².